The number of hydrogen-bond donors (Lipinski definition) is 8. The third-order valence-electron chi connectivity index (χ3n) is 16.5. The van der Waals surface area contributed by atoms with E-state index in [1.807, 2.05) is 32.0 Å². The topological polar surface area (TPSA) is 341 Å². The van der Waals surface area contributed by atoms with Gasteiger partial charge < -0.3 is 66.1 Å². The van der Waals surface area contributed by atoms with E-state index in [0.29, 0.717) is 36.9 Å². The minimum absolute atomic E-state index is 0.0960. The van der Waals surface area contributed by atoms with Gasteiger partial charge in [-0.15, -0.1) is 0 Å². The number of rotatable bonds is 33. The molecule has 0 spiro atoms. The van der Waals surface area contributed by atoms with Crippen LogP contribution in [-0.4, -0.2) is 204 Å². The molecule has 1 saturated heterocycles. The van der Waals surface area contributed by atoms with Crippen molar-refractivity contribution in [3.8, 4) is 0 Å². The number of nitrogens with one attached hydrogen (secondary N) is 6. The fraction of sp³-hybridized carbons (Fsp3) is 0.603. The molecule has 2 aliphatic heterocycles. The number of anilines is 1. The van der Waals surface area contributed by atoms with E-state index in [1.165, 1.54) is 52.1 Å². The maximum absolute atomic E-state index is 14.7. The van der Waals surface area contributed by atoms with Gasteiger partial charge in [-0.25, -0.2) is 4.79 Å². The van der Waals surface area contributed by atoms with Crippen LogP contribution in [0, 0.1) is 23.7 Å². The Morgan fingerprint density at radius 2 is 1.31 bits per heavy atom. The first-order valence-corrected chi connectivity index (χ1v) is 30.3. The first-order chi connectivity index (χ1) is 42.0. The van der Waals surface area contributed by atoms with E-state index < -0.39 is 144 Å². The highest BCUT2D eigenvalue weighted by Gasteiger charge is 2.44. The number of carbonyl (C=O) groups excluding carboxylic acids is 11. The summed E-state index contributed by atoms with van der Waals surface area (Å²) < 4.78 is 17.6. The standard InChI is InChI=1S/C63H94N10O16/c1-15-37(6)54(47(87-13)32-51(78)72-30-19-22-46(72)56(88-14)38(7)57(80)65-39(8)55(79)43-20-17-16-18-21-43)70(11)62(85)52(35(2)3)69-61(84)53(36(4)5)71(12)63(86)89-34-42-23-25-44(26-24-42)67-60(83)45(33-74)68-59(82)41(10)66-58(81)40(9)64-48(75)29-31-73-49(76)27-28-50(73)77/h16-18,20-21,23-28,35-41,45-47,52-56,74,79H,15,19,22,29-34H2,1-14H3,(H,64,75)(H,65,80)(H,66,81)(H,67,83)(H,68,82)(H,69,84)/t37-,38+,39+,40+,41-,45-,46-,47+,52-,53-,54-,55+,56+/m0/s1. The van der Waals surface area contributed by atoms with E-state index >= 15 is 0 Å². The molecule has 0 bridgehead atoms. The average molecular weight is 1250 g/mol. The lowest BCUT2D eigenvalue weighted by molar-refractivity contribution is -0.148. The smallest absolute Gasteiger partial charge is 0.410 e. The lowest BCUT2D eigenvalue weighted by Gasteiger charge is -2.41. The molecule has 0 saturated carbocycles. The Morgan fingerprint density at radius 3 is 1.88 bits per heavy atom. The number of carbonyl (C=O) groups is 11. The molecule has 4 rings (SSSR count). The van der Waals surface area contributed by atoms with Crippen molar-refractivity contribution in [2.75, 3.05) is 53.3 Å². The molecular weight excluding hydrogens is 1150 g/mol. The molecule has 2 heterocycles. The van der Waals surface area contributed by atoms with E-state index in [9.17, 15) is 63.0 Å². The molecule has 0 unspecified atom stereocenters. The number of nitrogens with zero attached hydrogens (tertiary/aromatic N) is 4. The Hall–Kier alpha value is -7.81. The number of methoxy groups -OCH3 is 2. The molecule has 0 radical (unpaired) electrons. The summed E-state index contributed by atoms with van der Waals surface area (Å²) in [6.07, 6.45) is 0.457. The van der Waals surface area contributed by atoms with Crippen molar-refractivity contribution >= 4 is 70.9 Å². The first-order valence-electron chi connectivity index (χ1n) is 30.3. The lowest BCUT2D eigenvalue weighted by atomic mass is 9.89. The van der Waals surface area contributed by atoms with Crippen molar-refractivity contribution < 1.29 is 77.2 Å². The number of likely N-dealkylation sites (N-methyl/N-ethyl adjacent to an activating group) is 2. The number of aliphatic hydroxyl groups is 2. The SMILES string of the molecule is CC[C@H](C)[C@@H]([C@@H](CC(=O)N1CCC[C@H]1[C@H](OC)[C@@H](C)C(=O)N[C@H](C)[C@@H](O)c1ccccc1)OC)N(C)C(=O)[C@@H](NC(=O)[C@H](C(C)C)N(C)C(=O)OCc1ccc(NC(=O)[C@H](CO)NC(=O)[C@H](C)NC(=O)[C@@H](C)NC(=O)CCN2C(=O)C=CC2=O)cc1)C(C)C. The van der Waals surface area contributed by atoms with Crippen LogP contribution in [0.1, 0.15) is 119 Å². The fourth-order valence-electron chi connectivity index (χ4n) is 11.0. The number of hydrogen-bond acceptors (Lipinski definition) is 16. The summed E-state index contributed by atoms with van der Waals surface area (Å²) in [7, 11) is 6.04. The molecule has 492 valence electrons. The van der Waals surface area contributed by atoms with Gasteiger partial charge in [-0.1, -0.05) is 97.4 Å². The van der Waals surface area contributed by atoms with E-state index in [2.05, 4.69) is 31.9 Å². The summed E-state index contributed by atoms with van der Waals surface area (Å²) in [5, 5.41) is 36.6. The van der Waals surface area contributed by atoms with Crippen LogP contribution < -0.4 is 31.9 Å². The number of amides is 11. The highest BCUT2D eigenvalue weighted by atomic mass is 16.6. The van der Waals surface area contributed by atoms with Crippen LogP contribution >= 0.6 is 0 Å². The van der Waals surface area contributed by atoms with Crippen molar-refractivity contribution in [1.29, 1.82) is 0 Å². The Bertz CT molecular complexity index is 2780. The van der Waals surface area contributed by atoms with Gasteiger partial charge in [-0.05, 0) is 74.6 Å². The normalized spacial score (nSPS) is 18.0. The molecule has 11 amide bonds. The van der Waals surface area contributed by atoms with Crippen LogP contribution in [0.4, 0.5) is 10.5 Å². The predicted molar refractivity (Wildman–Crippen MR) is 328 cm³/mol. The third-order valence-corrected chi connectivity index (χ3v) is 16.5. The molecular formula is C63H94N10O16. The predicted octanol–water partition coefficient (Wildman–Crippen LogP) is 2.32. The minimum atomic E-state index is -1.45. The highest BCUT2D eigenvalue weighted by Crippen LogP contribution is 2.30. The van der Waals surface area contributed by atoms with Crippen molar-refractivity contribution in [3.63, 3.8) is 0 Å². The molecule has 8 N–H and O–H groups in total. The molecule has 2 aromatic carbocycles. The Labute approximate surface area is 521 Å². The minimum Gasteiger partial charge on any atom is -0.445 e. The number of benzene rings is 2. The van der Waals surface area contributed by atoms with Gasteiger partial charge in [-0.3, -0.25) is 57.7 Å². The van der Waals surface area contributed by atoms with E-state index in [0.717, 1.165) is 22.0 Å². The van der Waals surface area contributed by atoms with Crippen molar-refractivity contribution in [2.45, 2.75) is 175 Å². The second-order valence-electron chi connectivity index (χ2n) is 23.7. The molecule has 2 aromatic rings. The Morgan fingerprint density at radius 1 is 0.708 bits per heavy atom. The van der Waals surface area contributed by atoms with Gasteiger partial charge in [0.15, 0.2) is 0 Å². The number of likely N-dealkylation sites (tertiary alicyclic amines) is 1. The van der Waals surface area contributed by atoms with Crippen LogP contribution in [0.3, 0.4) is 0 Å². The van der Waals surface area contributed by atoms with Crippen LogP contribution in [0.15, 0.2) is 66.7 Å². The molecule has 1 fully saturated rings. The zero-order valence-electron chi connectivity index (χ0n) is 53.8. The summed E-state index contributed by atoms with van der Waals surface area (Å²) in [5.74, 6) is -7.46. The Kier molecular flexibility index (Phi) is 28.8. The zero-order chi connectivity index (χ0) is 66.6. The molecule has 89 heavy (non-hydrogen) atoms. The van der Waals surface area contributed by atoms with Crippen LogP contribution in [0.5, 0.6) is 0 Å². The van der Waals surface area contributed by atoms with Crippen LogP contribution in [-0.2, 0) is 68.8 Å². The number of ether oxygens (including phenoxy) is 3. The molecule has 0 aromatic heterocycles. The molecule has 26 heteroatoms. The van der Waals surface area contributed by atoms with Gasteiger partial charge in [0.1, 0.15) is 36.8 Å². The molecule has 2 aliphatic rings. The quantitative estimate of drug-likeness (QED) is 0.0476. The first kappa shape index (κ1) is 73.7. The van der Waals surface area contributed by atoms with Gasteiger partial charge in [-0.2, -0.15) is 0 Å². The van der Waals surface area contributed by atoms with Gasteiger partial charge in [0.05, 0.1) is 55.4 Å². The zero-order valence-corrected chi connectivity index (χ0v) is 53.8. The summed E-state index contributed by atoms with van der Waals surface area (Å²) in [4.78, 5) is 151. The van der Waals surface area contributed by atoms with Gasteiger partial charge in [0, 0.05) is 65.7 Å². The third kappa shape index (κ3) is 20.4. The summed E-state index contributed by atoms with van der Waals surface area (Å²) in [6, 6.07) is 7.52. The van der Waals surface area contributed by atoms with Gasteiger partial charge in [0.25, 0.3) is 11.8 Å². The van der Waals surface area contributed by atoms with Gasteiger partial charge in [0.2, 0.25) is 47.3 Å². The fourth-order valence-corrected chi connectivity index (χ4v) is 11.0. The summed E-state index contributed by atoms with van der Waals surface area (Å²) >= 11 is 0. The van der Waals surface area contributed by atoms with Crippen molar-refractivity contribution in [3.05, 3.63) is 77.9 Å². The number of imide groups is 1. The van der Waals surface area contributed by atoms with Crippen LogP contribution in [0.2, 0.25) is 0 Å². The van der Waals surface area contributed by atoms with E-state index in [4.69, 9.17) is 14.2 Å². The van der Waals surface area contributed by atoms with E-state index in [1.54, 1.807) is 77.8 Å². The summed E-state index contributed by atoms with van der Waals surface area (Å²) in [5.41, 5.74) is 1.41. The molecule has 26 nitrogen and oxygen atoms in total. The molecule has 13 atom stereocenters. The second kappa shape index (κ2) is 34.8. The average Bonchev–Trinajstić information content (AvgIpc) is 2.24. The maximum atomic E-state index is 14.7. The second-order valence-corrected chi connectivity index (χ2v) is 23.7. The van der Waals surface area contributed by atoms with Crippen molar-refractivity contribution in [1.82, 2.24) is 46.2 Å². The van der Waals surface area contributed by atoms with Crippen LogP contribution in [0.25, 0.3) is 0 Å². The van der Waals surface area contributed by atoms with E-state index in [-0.39, 0.29) is 49.4 Å². The van der Waals surface area contributed by atoms with Gasteiger partial charge >= 0.3 is 6.09 Å². The lowest BCUT2D eigenvalue weighted by Crippen LogP contribution is -2.60. The summed E-state index contributed by atoms with van der Waals surface area (Å²) in [6.45, 7) is 16.3. The number of aliphatic hydroxyl groups excluding tert-OH is 2. The monoisotopic (exact) mass is 1250 g/mol. The largest absolute Gasteiger partial charge is 0.445 e. The Balaban J connectivity index is 1.32. The molecule has 0 aliphatic carbocycles. The highest BCUT2D eigenvalue weighted by molar-refractivity contribution is 6.13. The maximum Gasteiger partial charge on any atom is 0.410 e. The van der Waals surface area contributed by atoms with Crippen molar-refractivity contribution in [2.24, 2.45) is 23.7 Å².